The van der Waals surface area contributed by atoms with Crippen LogP contribution in [0.4, 0.5) is 14.5 Å². The number of nitrogens with one attached hydrogen (secondary N) is 1. The van der Waals surface area contributed by atoms with E-state index in [1.807, 2.05) is 32.9 Å². The first-order valence-electron chi connectivity index (χ1n) is 7.28. The Hall–Kier alpha value is -2.43. The average molecular weight is 319 g/mol. The zero-order chi connectivity index (χ0) is 17.1. The zero-order valence-electron chi connectivity index (χ0n) is 13.5. The van der Waals surface area contributed by atoms with Gasteiger partial charge in [0.05, 0.1) is 0 Å². The van der Waals surface area contributed by atoms with Crippen molar-refractivity contribution in [3.8, 4) is 5.75 Å². The minimum absolute atomic E-state index is 0.101. The molecule has 23 heavy (non-hydrogen) atoms. The maximum atomic E-state index is 13.2. The average Bonchev–Trinajstić information content (AvgIpc) is 2.46. The molecule has 0 saturated carbocycles. The van der Waals surface area contributed by atoms with Crippen LogP contribution in [0.3, 0.4) is 0 Å². The zero-order valence-corrected chi connectivity index (χ0v) is 13.5. The number of aryl methyl sites for hydroxylation is 3. The third-order valence-electron chi connectivity index (χ3n) is 3.50. The highest BCUT2D eigenvalue weighted by Gasteiger charge is 2.17. The van der Waals surface area contributed by atoms with Crippen molar-refractivity contribution in [2.24, 2.45) is 0 Å². The van der Waals surface area contributed by atoms with Crippen molar-refractivity contribution >= 4 is 11.6 Å². The van der Waals surface area contributed by atoms with E-state index < -0.39 is 17.7 Å². The van der Waals surface area contributed by atoms with Crippen LogP contribution in [0, 0.1) is 32.4 Å². The van der Waals surface area contributed by atoms with Gasteiger partial charge >= 0.3 is 0 Å². The number of ether oxygens (including phenoxy) is 1. The first kappa shape index (κ1) is 16.9. The van der Waals surface area contributed by atoms with Crippen LogP contribution in [0.1, 0.15) is 23.6 Å². The lowest BCUT2D eigenvalue weighted by Gasteiger charge is -2.17. The quantitative estimate of drug-likeness (QED) is 0.912. The first-order chi connectivity index (χ1) is 10.8. The largest absolute Gasteiger partial charge is 0.481 e. The van der Waals surface area contributed by atoms with Gasteiger partial charge in [-0.15, -0.1) is 0 Å². The summed E-state index contributed by atoms with van der Waals surface area (Å²) in [6, 6.07) is 7.11. The molecule has 0 radical (unpaired) electrons. The predicted octanol–water partition coefficient (Wildman–Crippen LogP) is 4.30. The molecule has 0 aliphatic rings. The van der Waals surface area contributed by atoms with Gasteiger partial charge in [-0.1, -0.05) is 17.7 Å². The fraction of sp³-hybridized carbons (Fsp3) is 0.278. The van der Waals surface area contributed by atoms with Crippen LogP contribution in [0.5, 0.6) is 5.75 Å². The molecule has 2 aromatic rings. The highest BCUT2D eigenvalue weighted by atomic mass is 19.2. The summed E-state index contributed by atoms with van der Waals surface area (Å²) in [6.45, 7) is 7.36. The summed E-state index contributed by atoms with van der Waals surface area (Å²) < 4.78 is 31.4. The molecule has 0 aliphatic heterocycles. The minimum atomic E-state index is -1.01. The van der Waals surface area contributed by atoms with Crippen LogP contribution >= 0.6 is 0 Å². The Balaban J connectivity index is 2.10. The molecule has 0 aromatic heterocycles. The molecule has 1 atom stereocenters. The van der Waals surface area contributed by atoms with E-state index in [0.29, 0.717) is 0 Å². The number of amides is 1. The monoisotopic (exact) mass is 319 g/mol. The van der Waals surface area contributed by atoms with Crippen molar-refractivity contribution in [3.63, 3.8) is 0 Å². The lowest BCUT2D eigenvalue weighted by molar-refractivity contribution is -0.122. The molecule has 0 heterocycles. The Morgan fingerprint density at radius 2 is 1.65 bits per heavy atom. The molecular weight excluding hydrogens is 300 g/mol. The molecule has 1 unspecified atom stereocenters. The number of benzene rings is 2. The third kappa shape index (κ3) is 4.06. The number of hydrogen-bond acceptors (Lipinski definition) is 2. The van der Waals surface area contributed by atoms with Crippen molar-refractivity contribution < 1.29 is 18.3 Å². The molecule has 0 aliphatic carbocycles. The Kier molecular flexibility index (Phi) is 4.98. The number of rotatable bonds is 4. The number of anilines is 1. The smallest absolute Gasteiger partial charge is 0.265 e. The van der Waals surface area contributed by atoms with Gasteiger partial charge in [0.25, 0.3) is 5.91 Å². The van der Waals surface area contributed by atoms with Gasteiger partial charge in [0, 0.05) is 11.8 Å². The summed E-state index contributed by atoms with van der Waals surface area (Å²) in [4.78, 5) is 12.3. The second kappa shape index (κ2) is 6.77. The molecule has 122 valence electrons. The molecule has 0 spiro atoms. The maximum Gasteiger partial charge on any atom is 0.265 e. The summed E-state index contributed by atoms with van der Waals surface area (Å²) in [5.41, 5.74) is 3.76. The summed E-state index contributed by atoms with van der Waals surface area (Å²) in [7, 11) is 0. The van der Waals surface area contributed by atoms with Gasteiger partial charge in [0.15, 0.2) is 17.7 Å². The molecule has 1 N–H and O–H groups in total. The van der Waals surface area contributed by atoms with Gasteiger partial charge in [-0.2, -0.15) is 0 Å². The summed E-state index contributed by atoms with van der Waals surface area (Å²) in [6.07, 6.45) is -0.847. The molecule has 1 amide bonds. The van der Waals surface area contributed by atoms with Gasteiger partial charge in [-0.25, -0.2) is 8.78 Å². The van der Waals surface area contributed by atoms with Crippen LogP contribution < -0.4 is 10.1 Å². The highest BCUT2D eigenvalue weighted by Crippen LogP contribution is 2.23. The van der Waals surface area contributed by atoms with E-state index in [1.165, 1.54) is 6.07 Å². The van der Waals surface area contributed by atoms with Crippen molar-refractivity contribution in [2.75, 3.05) is 5.32 Å². The van der Waals surface area contributed by atoms with E-state index in [2.05, 4.69) is 5.32 Å². The van der Waals surface area contributed by atoms with Crippen molar-refractivity contribution in [3.05, 3.63) is 58.7 Å². The molecule has 0 bridgehead atoms. The van der Waals surface area contributed by atoms with E-state index in [1.54, 1.807) is 6.92 Å². The van der Waals surface area contributed by atoms with Crippen LogP contribution in [0.15, 0.2) is 30.3 Å². The standard InChI is InChI=1S/C18H19F2NO2/c1-10-7-11(2)17(12(3)8-10)21-18(22)13(4)23-14-5-6-15(19)16(20)9-14/h5-9,13H,1-4H3,(H,21,22). The fourth-order valence-electron chi connectivity index (χ4n) is 2.41. The topological polar surface area (TPSA) is 38.3 Å². The molecule has 0 saturated heterocycles. The van der Waals surface area contributed by atoms with Gasteiger partial charge in [0.2, 0.25) is 0 Å². The van der Waals surface area contributed by atoms with Crippen molar-refractivity contribution in [1.29, 1.82) is 0 Å². The predicted molar refractivity (Wildman–Crippen MR) is 85.7 cm³/mol. The lowest BCUT2D eigenvalue weighted by Crippen LogP contribution is -2.30. The number of carbonyl (C=O) groups excluding carboxylic acids is 1. The number of hydrogen-bond donors (Lipinski definition) is 1. The summed E-state index contributed by atoms with van der Waals surface area (Å²) in [5, 5.41) is 2.82. The molecular formula is C18H19F2NO2. The van der Waals surface area contributed by atoms with Gasteiger partial charge in [0.1, 0.15) is 5.75 Å². The van der Waals surface area contributed by atoms with E-state index >= 15 is 0 Å². The van der Waals surface area contributed by atoms with Crippen molar-refractivity contribution in [1.82, 2.24) is 0 Å². The summed E-state index contributed by atoms with van der Waals surface area (Å²) >= 11 is 0. The normalized spacial score (nSPS) is 11.9. The second-order valence-electron chi connectivity index (χ2n) is 5.60. The van der Waals surface area contributed by atoms with Crippen LogP contribution in [0.25, 0.3) is 0 Å². The Morgan fingerprint density at radius 3 is 2.22 bits per heavy atom. The Morgan fingerprint density at radius 1 is 1.04 bits per heavy atom. The highest BCUT2D eigenvalue weighted by molar-refractivity contribution is 5.95. The van der Waals surface area contributed by atoms with Crippen LogP contribution in [-0.2, 0) is 4.79 Å². The number of carbonyl (C=O) groups is 1. The third-order valence-corrected chi connectivity index (χ3v) is 3.50. The molecule has 3 nitrogen and oxygen atoms in total. The second-order valence-corrected chi connectivity index (χ2v) is 5.60. The lowest BCUT2D eigenvalue weighted by atomic mass is 10.0. The fourth-order valence-corrected chi connectivity index (χ4v) is 2.41. The first-order valence-corrected chi connectivity index (χ1v) is 7.28. The van der Waals surface area contributed by atoms with Crippen LogP contribution in [0.2, 0.25) is 0 Å². The SMILES string of the molecule is Cc1cc(C)c(NC(=O)C(C)Oc2ccc(F)c(F)c2)c(C)c1. The molecule has 2 aromatic carbocycles. The van der Waals surface area contributed by atoms with Gasteiger partial charge < -0.3 is 10.1 Å². The Labute approximate surface area is 134 Å². The van der Waals surface area contributed by atoms with Crippen molar-refractivity contribution in [2.45, 2.75) is 33.8 Å². The molecule has 5 heteroatoms. The molecule has 0 fully saturated rings. The minimum Gasteiger partial charge on any atom is -0.481 e. The van der Waals surface area contributed by atoms with E-state index in [4.69, 9.17) is 4.74 Å². The Bertz CT molecular complexity index is 721. The summed E-state index contributed by atoms with van der Waals surface area (Å²) in [5.74, 6) is -2.23. The van der Waals surface area contributed by atoms with Gasteiger partial charge in [-0.3, -0.25) is 4.79 Å². The maximum absolute atomic E-state index is 13.2. The number of halogens is 2. The van der Waals surface area contributed by atoms with E-state index in [-0.39, 0.29) is 11.7 Å². The van der Waals surface area contributed by atoms with Crippen LogP contribution in [-0.4, -0.2) is 12.0 Å². The molecule has 2 rings (SSSR count). The van der Waals surface area contributed by atoms with Gasteiger partial charge in [-0.05, 0) is 51.0 Å². The van der Waals surface area contributed by atoms with E-state index in [0.717, 1.165) is 34.5 Å². The van der Waals surface area contributed by atoms with E-state index in [9.17, 15) is 13.6 Å².